The summed E-state index contributed by atoms with van der Waals surface area (Å²) in [6.45, 7) is 5.19. The Labute approximate surface area is 116 Å². The van der Waals surface area contributed by atoms with Crippen LogP contribution >= 0.6 is 12.4 Å². The maximum atomic E-state index is 12.4. The molecule has 2 N–H and O–H groups in total. The molecule has 2 atom stereocenters. The monoisotopic (exact) mass is 276 g/mol. The predicted octanol–water partition coefficient (Wildman–Crippen LogP) is 1.42. The zero-order valence-electron chi connectivity index (χ0n) is 11.1. The lowest BCUT2D eigenvalue weighted by molar-refractivity contribution is -0.142. The lowest BCUT2D eigenvalue weighted by Crippen LogP contribution is -2.51. The molecule has 2 rings (SSSR count). The van der Waals surface area contributed by atoms with Gasteiger partial charge in [0.25, 0.3) is 0 Å². The van der Waals surface area contributed by atoms with Gasteiger partial charge in [0.15, 0.2) is 0 Å². The van der Waals surface area contributed by atoms with Crippen LogP contribution in [0, 0.1) is 11.8 Å². The Bertz CT molecular complexity index is 270. The minimum atomic E-state index is 0. The molecule has 0 aromatic heterocycles. The molecule has 1 amide bonds. The fraction of sp³-hybridized carbons (Fsp3) is 0.923. The van der Waals surface area contributed by atoms with Crippen LogP contribution in [0.5, 0.6) is 0 Å². The Hall–Kier alpha value is -0.320. The van der Waals surface area contributed by atoms with Crippen molar-refractivity contribution in [1.82, 2.24) is 4.90 Å². The van der Waals surface area contributed by atoms with Gasteiger partial charge >= 0.3 is 0 Å². The number of hydrogen-bond donors (Lipinski definition) is 1. The number of carbonyl (C=O) groups excluding carboxylic acids is 1. The third-order valence-corrected chi connectivity index (χ3v) is 4.10. The van der Waals surface area contributed by atoms with Crippen LogP contribution in [0.15, 0.2) is 0 Å². The van der Waals surface area contributed by atoms with Crippen molar-refractivity contribution in [2.75, 3.05) is 26.3 Å². The third-order valence-electron chi connectivity index (χ3n) is 4.10. The van der Waals surface area contributed by atoms with Crippen LogP contribution in [0.4, 0.5) is 0 Å². The summed E-state index contributed by atoms with van der Waals surface area (Å²) in [6.07, 6.45) is 3.93. The van der Waals surface area contributed by atoms with Crippen LogP contribution < -0.4 is 5.73 Å². The van der Waals surface area contributed by atoms with Gasteiger partial charge in [-0.25, -0.2) is 0 Å². The van der Waals surface area contributed by atoms with Crippen molar-refractivity contribution in [1.29, 1.82) is 0 Å². The van der Waals surface area contributed by atoms with Crippen LogP contribution in [-0.2, 0) is 9.53 Å². The Morgan fingerprint density at radius 3 is 2.61 bits per heavy atom. The Morgan fingerprint density at radius 2 is 2.00 bits per heavy atom. The van der Waals surface area contributed by atoms with Gasteiger partial charge in [-0.3, -0.25) is 4.79 Å². The summed E-state index contributed by atoms with van der Waals surface area (Å²) in [5.41, 5.74) is 5.80. The molecule has 0 saturated carbocycles. The number of piperidine rings is 1. The molecule has 106 valence electrons. The van der Waals surface area contributed by atoms with Crippen LogP contribution in [0.1, 0.15) is 32.6 Å². The largest absolute Gasteiger partial charge is 0.381 e. The summed E-state index contributed by atoms with van der Waals surface area (Å²) < 4.78 is 5.31. The molecule has 4 nitrogen and oxygen atoms in total. The first kappa shape index (κ1) is 15.7. The molecule has 2 aliphatic heterocycles. The second-order valence-electron chi connectivity index (χ2n) is 5.44. The summed E-state index contributed by atoms with van der Waals surface area (Å²) in [6, 6.07) is 0.258. The van der Waals surface area contributed by atoms with Crippen molar-refractivity contribution in [3.8, 4) is 0 Å². The van der Waals surface area contributed by atoms with Crippen LogP contribution in [0.3, 0.4) is 0 Å². The second-order valence-corrected chi connectivity index (χ2v) is 5.44. The highest BCUT2D eigenvalue weighted by molar-refractivity contribution is 5.85. The highest BCUT2D eigenvalue weighted by Crippen LogP contribution is 2.26. The molecule has 0 aromatic carbocycles. The summed E-state index contributed by atoms with van der Waals surface area (Å²) in [7, 11) is 0. The van der Waals surface area contributed by atoms with Gasteiger partial charge in [-0.2, -0.15) is 0 Å². The summed E-state index contributed by atoms with van der Waals surface area (Å²) in [5, 5.41) is 0. The van der Waals surface area contributed by atoms with E-state index in [-0.39, 0.29) is 24.4 Å². The van der Waals surface area contributed by atoms with E-state index >= 15 is 0 Å². The quantitative estimate of drug-likeness (QED) is 0.830. The predicted molar refractivity (Wildman–Crippen MR) is 73.7 cm³/mol. The molecule has 5 heteroatoms. The SMILES string of the molecule is CC1CCN(C(=O)C2CCOCC2)C(CN)C1.Cl. The zero-order chi connectivity index (χ0) is 12.3. The van der Waals surface area contributed by atoms with Crippen molar-refractivity contribution in [3.63, 3.8) is 0 Å². The number of nitrogens with two attached hydrogens (primary N) is 1. The van der Waals surface area contributed by atoms with Gasteiger partial charge < -0.3 is 15.4 Å². The molecule has 0 radical (unpaired) electrons. The van der Waals surface area contributed by atoms with Gasteiger partial charge in [-0.05, 0) is 31.6 Å². The van der Waals surface area contributed by atoms with Crippen LogP contribution in [-0.4, -0.2) is 43.2 Å². The first-order chi connectivity index (χ1) is 8.22. The molecule has 2 unspecified atom stereocenters. The molecular formula is C13H25ClN2O2. The maximum absolute atomic E-state index is 12.4. The standard InChI is InChI=1S/C13H24N2O2.ClH/c1-10-2-5-15(12(8-10)9-14)13(16)11-3-6-17-7-4-11;/h10-12H,2-9,14H2,1H3;1H. The van der Waals surface area contributed by atoms with Gasteiger partial charge in [0.2, 0.25) is 5.91 Å². The molecule has 0 aromatic rings. The first-order valence-corrected chi connectivity index (χ1v) is 6.80. The molecule has 2 aliphatic rings. The Balaban J connectivity index is 0.00000162. The lowest BCUT2D eigenvalue weighted by Gasteiger charge is -2.40. The molecule has 0 spiro atoms. The van der Waals surface area contributed by atoms with Crippen molar-refractivity contribution in [2.45, 2.75) is 38.6 Å². The first-order valence-electron chi connectivity index (χ1n) is 6.80. The molecule has 2 fully saturated rings. The van der Waals surface area contributed by atoms with E-state index in [0.717, 1.165) is 45.4 Å². The Morgan fingerprint density at radius 1 is 1.33 bits per heavy atom. The number of halogens is 1. The fourth-order valence-electron chi connectivity index (χ4n) is 2.94. The van der Waals surface area contributed by atoms with E-state index in [2.05, 4.69) is 6.92 Å². The van der Waals surface area contributed by atoms with E-state index in [1.165, 1.54) is 0 Å². The van der Waals surface area contributed by atoms with Gasteiger partial charge in [-0.1, -0.05) is 6.92 Å². The number of carbonyl (C=O) groups is 1. The normalized spacial score (nSPS) is 29.8. The van der Waals surface area contributed by atoms with E-state index in [9.17, 15) is 4.79 Å². The van der Waals surface area contributed by atoms with E-state index in [1.807, 2.05) is 4.90 Å². The van der Waals surface area contributed by atoms with Crippen molar-refractivity contribution >= 4 is 18.3 Å². The average molecular weight is 277 g/mol. The van der Waals surface area contributed by atoms with Crippen LogP contribution in [0.25, 0.3) is 0 Å². The molecule has 18 heavy (non-hydrogen) atoms. The van der Waals surface area contributed by atoms with Crippen molar-refractivity contribution < 1.29 is 9.53 Å². The molecular weight excluding hydrogens is 252 g/mol. The maximum Gasteiger partial charge on any atom is 0.226 e. The van der Waals surface area contributed by atoms with E-state index in [1.54, 1.807) is 0 Å². The fourth-order valence-corrected chi connectivity index (χ4v) is 2.94. The summed E-state index contributed by atoms with van der Waals surface area (Å²) in [5.74, 6) is 1.18. The smallest absolute Gasteiger partial charge is 0.226 e. The number of amides is 1. The van der Waals surface area contributed by atoms with Crippen LogP contribution in [0.2, 0.25) is 0 Å². The van der Waals surface area contributed by atoms with Crippen molar-refractivity contribution in [3.05, 3.63) is 0 Å². The number of ether oxygens (including phenoxy) is 1. The lowest BCUT2D eigenvalue weighted by atomic mass is 9.90. The molecule has 0 aliphatic carbocycles. The zero-order valence-corrected chi connectivity index (χ0v) is 12.0. The molecule has 0 bridgehead atoms. The van der Waals surface area contributed by atoms with Crippen molar-refractivity contribution in [2.24, 2.45) is 17.6 Å². The number of likely N-dealkylation sites (tertiary alicyclic amines) is 1. The highest BCUT2D eigenvalue weighted by atomic mass is 35.5. The highest BCUT2D eigenvalue weighted by Gasteiger charge is 2.33. The summed E-state index contributed by atoms with van der Waals surface area (Å²) >= 11 is 0. The number of hydrogen-bond acceptors (Lipinski definition) is 3. The molecule has 2 heterocycles. The van der Waals surface area contributed by atoms with E-state index in [4.69, 9.17) is 10.5 Å². The van der Waals surface area contributed by atoms with Gasteiger partial charge in [0, 0.05) is 38.3 Å². The van der Waals surface area contributed by atoms with Gasteiger partial charge in [0.05, 0.1) is 0 Å². The minimum absolute atomic E-state index is 0. The number of nitrogens with zero attached hydrogens (tertiary/aromatic N) is 1. The topological polar surface area (TPSA) is 55.6 Å². The van der Waals surface area contributed by atoms with Gasteiger partial charge in [0.1, 0.15) is 0 Å². The van der Waals surface area contributed by atoms with E-state index in [0.29, 0.717) is 18.4 Å². The van der Waals surface area contributed by atoms with Gasteiger partial charge in [-0.15, -0.1) is 12.4 Å². The third kappa shape index (κ3) is 3.59. The average Bonchev–Trinajstić information content (AvgIpc) is 2.39. The minimum Gasteiger partial charge on any atom is -0.381 e. The van der Waals surface area contributed by atoms with E-state index < -0.39 is 0 Å². The Kier molecular flexibility index (Phi) is 6.39. The second kappa shape index (κ2) is 7.31. The molecule has 2 saturated heterocycles. The summed E-state index contributed by atoms with van der Waals surface area (Å²) in [4.78, 5) is 14.5. The number of rotatable bonds is 2.